The standard InChI is InChI=1S/C8H11NO6S2/c9-8(17(13,14)15,6-16(10,11)12)7-4-2-1-3-5-7/h1-5H,6,9H2,(H,10,11,12)(H,13,14,15). The first-order valence-corrected chi connectivity index (χ1v) is 7.38. The van der Waals surface area contributed by atoms with E-state index >= 15 is 0 Å². The van der Waals surface area contributed by atoms with Gasteiger partial charge in [-0.05, 0) is 5.56 Å². The second-order valence-corrected chi connectivity index (χ2v) is 6.59. The molecule has 1 atom stereocenters. The summed E-state index contributed by atoms with van der Waals surface area (Å²) in [6.45, 7) is 0. The van der Waals surface area contributed by atoms with E-state index in [2.05, 4.69) is 0 Å². The monoisotopic (exact) mass is 281 g/mol. The van der Waals surface area contributed by atoms with Crippen LogP contribution in [0.25, 0.3) is 0 Å². The molecule has 1 unspecified atom stereocenters. The van der Waals surface area contributed by atoms with Gasteiger partial charge in [0.15, 0.2) is 4.87 Å². The van der Waals surface area contributed by atoms with Gasteiger partial charge in [0.05, 0.1) is 0 Å². The van der Waals surface area contributed by atoms with Gasteiger partial charge < -0.3 is 5.73 Å². The van der Waals surface area contributed by atoms with Gasteiger partial charge in [-0.1, -0.05) is 30.3 Å². The topological polar surface area (TPSA) is 135 Å². The van der Waals surface area contributed by atoms with Crippen molar-refractivity contribution in [3.63, 3.8) is 0 Å². The first kappa shape index (κ1) is 14.1. The van der Waals surface area contributed by atoms with Gasteiger partial charge in [0.2, 0.25) is 0 Å². The Balaban J connectivity index is 3.42. The van der Waals surface area contributed by atoms with Crippen LogP contribution in [0.15, 0.2) is 30.3 Å². The van der Waals surface area contributed by atoms with E-state index < -0.39 is 30.9 Å². The van der Waals surface area contributed by atoms with Crippen molar-refractivity contribution in [3.8, 4) is 0 Å². The number of nitrogens with two attached hydrogens (primary N) is 1. The van der Waals surface area contributed by atoms with Gasteiger partial charge >= 0.3 is 0 Å². The molecule has 0 saturated carbocycles. The molecule has 0 radical (unpaired) electrons. The molecule has 0 aliphatic carbocycles. The van der Waals surface area contributed by atoms with Crippen molar-refractivity contribution in [1.82, 2.24) is 0 Å². The zero-order valence-corrected chi connectivity index (χ0v) is 10.1. The summed E-state index contributed by atoms with van der Waals surface area (Å²) >= 11 is 0. The fourth-order valence-electron chi connectivity index (χ4n) is 1.30. The molecule has 0 aliphatic rings. The quantitative estimate of drug-likeness (QED) is 0.637. The van der Waals surface area contributed by atoms with Crippen LogP contribution in [0.3, 0.4) is 0 Å². The Morgan fingerprint density at radius 1 is 1.06 bits per heavy atom. The molecule has 1 aromatic rings. The van der Waals surface area contributed by atoms with Gasteiger partial charge in [0.1, 0.15) is 5.75 Å². The molecule has 0 amide bonds. The van der Waals surface area contributed by atoms with Crippen LogP contribution in [-0.2, 0) is 25.1 Å². The van der Waals surface area contributed by atoms with Crippen LogP contribution < -0.4 is 5.73 Å². The molecule has 0 heterocycles. The van der Waals surface area contributed by atoms with Crippen molar-refractivity contribution in [1.29, 1.82) is 0 Å². The van der Waals surface area contributed by atoms with Crippen molar-refractivity contribution in [2.45, 2.75) is 4.87 Å². The van der Waals surface area contributed by atoms with Crippen LogP contribution in [0, 0.1) is 0 Å². The number of benzene rings is 1. The normalized spacial score (nSPS) is 16.4. The zero-order chi connectivity index (χ0) is 13.3. The lowest BCUT2D eigenvalue weighted by Gasteiger charge is -2.24. The van der Waals surface area contributed by atoms with E-state index in [4.69, 9.17) is 14.8 Å². The Labute approximate surface area is 98.8 Å². The minimum atomic E-state index is -4.91. The molecule has 1 rings (SSSR count). The minimum absolute atomic E-state index is 0.139. The van der Waals surface area contributed by atoms with Gasteiger partial charge in [-0.15, -0.1) is 0 Å². The van der Waals surface area contributed by atoms with E-state index in [9.17, 15) is 16.8 Å². The van der Waals surface area contributed by atoms with Crippen LogP contribution in [0.4, 0.5) is 0 Å². The second-order valence-electron chi connectivity index (χ2n) is 3.46. The SMILES string of the molecule is NC(CS(=O)(=O)O)(c1ccccc1)S(=O)(=O)O. The Kier molecular flexibility index (Phi) is 3.60. The summed E-state index contributed by atoms with van der Waals surface area (Å²) in [7, 11) is -9.59. The summed E-state index contributed by atoms with van der Waals surface area (Å²) < 4.78 is 61.6. The van der Waals surface area contributed by atoms with Gasteiger partial charge in [-0.2, -0.15) is 16.8 Å². The molecular formula is C8H11NO6S2. The summed E-state index contributed by atoms with van der Waals surface area (Å²) in [5.74, 6) is -1.33. The van der Waals surface area contributed by atoms with E-state index in [1.54, 1.807) is 6.07 Å². The average Bonchev–Trinajstić information content (AvgIpc) is 2.14. The molecule has 0 fully saturated rings. The molecule has 0 aromatic heterocycles. The summed E-state index contributed by atoms with van der Waals surface area (Å²) in [6.07, 6.45) is 0. The van der Waals surface area contributed by atoms with Gasteiger partial charge in [0, 0.05) is 0 Å². The lowest BCUT2D eigenvalue weighted by atomic mass is 10.1. The highest BCUT2D eigenvalue weighted by molar-refractivity contribution is 7.90. The fraction of sp³-hybridized carbons (Fsp3) is 0.250. The third-order valence-corrected chi connectivity index (χ3v) is 4.42. The first-order chi connectivity index (χ1) is 7.56. The van der Waals surface area contributed by atoms with E-state index in [1.165, 1.54) is 24.3 Å². The highest BCUT2D eigenvalue weighted by Crippen LogP contribution is 2.25. The van der Waals surface area contributed by atoms with Crippen molar-refractivity contribution < 1.29 is 25.9 Å². The molecule has 0 saturated heterocycles. The predicted octanol–water partition coefficient (Wildman–Crippen LogP) is -0.426. The van der Waals surface area contributed by atoms with Gasteiger partial charge in [0.25, 0.3) is 20.2 Å². The Bertz CT molecular complexity index is 594. The van der Waals surface area contributed by atoms with E-state index in [-0.39, 0.29) is 5.56 Å². The fourth-order valence-corrected chi connectivity index (χ4v) is 3.48. The van der Waals surface area contributed by atoms with Crippen LogP contribution in [-0.4, -0.2) is 31.7 Å². The second kappa shape index (κ2) is 4.35. The Hall–Kier alpha value is -1.00. The molecule has 0 bridgehead atoms. The maximum Gasteiger partial charge on any atom is 0.289 e. The summed E-state index contributed by atoms with van der Waals surface area (Å²) in [4.78, 5) is -2.60. The molecule has 1 aromatic carbocycles. The first-order valence-electron chi connectivity index (χ1n) is 4.33. The summed E-state index contributed by atoms with van der Waals surface area (Å²) in [5.41, 5.74) is 5.27. The van der Waals surface area contributed by atoms with Gasteiger partial charge in [-0.3, -0.25) is 9.11 Å². The minimum Gasteiger partial charge on any atom is -0.306 e. The van der Waals surface area contributed by atoms with Crippen molar-refractivity contribution in [3.05, 3.63) is 35.9 Å². The molecule has 96 valence electrons. The van der Waals surface area contributed by atoms with Crippen molar-refractivity contribution in [2.24, 2.45) is 5.73 Å². The highest BCUT2D eigenvalue weighted by Gasteiger charge is 2.44. The third-order valence-electron chi connectivity index (χ3n) is 2.12. The van der Waals surface area contributed by atoms with Gasteiger partial charge in [-0.25, -0.2) is 0 Å². The predicted molar refractivity (Wildman–Crippen MR) is 60.3 cm³/mol. The molecule has 17 heavy (non-hydrogen) atoms. The molecule has 0 aliphatic heterocycles. The highest BCUT2D eigenvalue weighted by atomic mass is 32.2. The maximum atomic E-state index is 11.2. The largest absolute Gasteiger partial charge is 0.306 e. The molecule has 4 N–H and O–H groups in total. The van der Waals surface area contributed by atoms with Crippen LogP contribution in [0.5, 0.6) is 0 Å². The lowest BCUT2D eigenvalue weighted by Crippen LogP contribution is -2.49. The van der Waals surface area contributed by atoms with E-state index in [0.29, 0.717) is 0 Å². The number of hydrogen-bond acceptors (Lipinski definition) is 5. The van der Waals surface area contributed by atoms with Crippen LogP contribution in [0.2, 0.25) is 0 Å². The summed E-state index contributed by atoms with van der Waals surface area (Å²) in [5, 5.41) is 0. The molecule has 0 spiro atoms. The molecule has 7 nitrogen and oxygen atoms in total. The number of hydrogen-bond donors (Lipinski definition) is 3. The zero-order valence-electron chi connectivity index (χ0n) is 8.52. The van der Waals surface area contributed by atoms with E-state index in [1.807, 2.05) is 0 Å². The summed E-state index contributed by atoms with van der Waals surface area (Å²) in [6, 6.07) is 6.87. The average molecular weight is 281 g/mol. The van der Waals surface area contributed by atoms with E-state index in [0.717, 1.165) is 0 Å². The third kappa shape index (κ3) is 3.23. The maximum absolute atomic E-state index is 11.2. The lowest BCUT2D eigenvalue weighted by molar-refractivity contribution is 0.426. The Morgan fingerprint density at radius 2 is 1.53 bits per heavy atom. The van der Waals surface area contributed by atoms with Crippen LogP contribution >= 0.6 is 0 Å². The Morgan fingerprint density at radius 3 is 1.88 bits per heavy atom. The molecular weight excluding hydrogens is 270 g/mol. The number of rotatable bonds is 4. The van der Waals surface area contributed by atoms with Crippen molar-refractivity contribution >= 4 is 20.2 Å². The smallest absolute Gasteiger partial charge is 0.289 e. The van der Waals surface area contributed by atoms with Crippen molar-refractivity contribution in [2.75, 3.05) is 5.75 Å². The van der Waals surface area contributed by atoms with Crippen LogP contribution in [0.1, 0.15) is 5.56 Å². The molecule has 9 heteroatoms.